The maximum Gasteiger partial charge on any atom is 0.267 e. The standard InChI is InChI=1S/C11H9BrClFN4O2S/c1-5-2-9(13)17-11(16-5)18-21(19,20)8-4-6(15)3-7(12)10(8)14/h2-4H,15H2,1H3,(H,16,17,18). The van der Waals surface area contributed by atoms with Gasteiger partial charge >= 0.3 is 0 Å². The predicted octanol–water partition coefficient (Wildman–Crippen LogP) is 2.72. The molecule has 0 aliphatic carbocycles. The normalized spacial score (nSPS) is 11.4. The number of nitrogen functional groups attached to an aromatic ring is 1. The van der Waals surface area contributed by atoms with E-state index in [0.29, 0.717) is 5.69 Å². The van der Waals surface area contributed by atoms with E-state index < -0.39 is 20.7 Å². The van der Waals surface area contributed by atoms with Crippen molar-refractivity contribution in [2.24, 2.45) is 0 Å². The van der Waals surface area contributed by atoms with Gasteiger partial charge in [-0.2, -0.15) is 0 Å². The van der Waals surface area contributed by atoms with Crippen LogP contribution in [0.5, 0.6) is 0 Å². The zero-order chi connectivity index (χ0) is 15.8. The Balaban J connectivity index is 2.48. The van der Waals surface area contributed by atoms with E-state index in [4.69, 9.17) is 17.3 Å². The minimum Gasteiger partial charge on any atom is -0.399 e. The number of aromatic nitrogens is 2. The van der Waals surface area contributed by atoms with Crippen LogP contribution in [-0.4, -0.2) is 18.4 Å². The highest BCUT2D eigenvalue weighted by Gasteiger charge is 2.23. The summed E-state index contributed by atoms with van der Waals surface area (Å²) in [5, 5.41) is 0.0643. The van der Waals surface area contributed by atoms with E-state index in [0.717, 1.165) is 6.07 Å². The van der Waals surface area contributed by atoms with Gasteiger partial charge in [0, 0.05) is 11.4 Å². The summed E-state index contributed by atoms with van der Waals surface area (Å²) < 4.78 is 40.3. The fourth-order valence-corrected chi connectivity index (χ4v) is 3.46. The van der Waals surface area contributed by atoms with E-state index in [2.05, 4.69) is 30.6 Å². The molecule has 21 heavy (non-hydrogen) atoms. The Bertz CT molecular complexity index is 796. The molecule has 6 nitrogen and oxygen atoms in total. The van der Waals surface area contributed by atoms with Crippen molar-refractivity contribution in [1.29, 1.82) is 0 Å². The average molecular weight is 396 g/mol. The lowest BCUT2D eigenvalue weighted by atomic mass is 10.3. The molecular weight excluding hydrogens is 387 g/mol. The number of hydrogen-bond acceptors (Lipinski definition) is 5. The molecule has 0 saturated heterocycles. The van der Waals surface area contributed by atoms with E-state index in [1.165, 1.54) is 12.1 Å². The molecule has 0 saturated carbocycles. The topological polar surface area (TPSA) is 98.0 Å². The molecule has 0 fully saturated rings. The summed E-state index contributed by atoms with van der Waals surface area (Å²) in [6, 6.07) is 3.71. The highest BCUT2D eigenvalue weighted by atomic mass is 79.9. The van der Waals surface area contributed by atoms with Gasteiger partial charge in [0.15, 0.2) is 5.82 Å². The Morgan fingerprint density at radius 2 is 2.00 bits per heavy atom. The average Bonchev–Trinajstić information content (AvgIpc) is 2.31. The molecule has 10 heteroatoms. The van der Waals surface area contributed by atoms with Crippen molar-refractivity contribution in [3.8, 4) is 0 Å². The molecule has 0 bridgehead atoms. The van der Waals surface area contributed by atoms with Crippen LogP contribution < -0.4 is 10.5 Å². The van der Waals surface area contributed by atoms with E-state index in [9.17, 15) is 12.8 Å². The molecule has 0 spiro atoms. The third kappa shape index (κ3) is 3.60. The highest BCUT2D eigenvalue weighted by Crippen LogP contribution is 2.27. The van der Waals surface area contributed by atoms with Gasteiger partial charge in [-0.05, 0) is 41.1 Å². The molecule has 3 N–H and O–H groups in total. The maximum absolute atomic E-state index is 14.0. The Labute approximate surface area is 133 Å². The van der Waals surface area contributed by atoms with Gasteiger partial charge in [-0.15, -0.1) is 0 Å². The van der Waals surface area contributed by atoms with Gasteiger partial charge < -0.3 is 5.73 Å². The van der Waals surface area contributed by atoms with Crippen LogP contribution in [0, 0.1) is 12.7 Å². The summed E-state index contributed by atoms with van der Waals surface area (Å²) in [7, 11) is -4.24. The Morgan fingerprint density at radius 3 is 2.62 bits per heavy atom. The SMILES string of the molecule is Cc1cc(Cl)nc(NS(=O)(=O)c2cc(N)cc(Br)c2F)n1. The van der Waals surface area contributed by atoms with Crippen LogP contribution in [0.2, 0.25) is 5.15 Å². The monoisotopic (exact) mass is 394 g/mol. The molecule has 2 rings (SSSR count). The number of benzene rings is 1. The molecule has 1 aromatic heterocycles. The number of nitrogens with two attached hydrogens (primary N) is 1. The maximum atomic E-state index is 14.0. The van der Waals surface area contributed by atoms with Crippen molar-refractivity contribution in [2.45, 2.75) is 11.8 Å². The van der Waals surface area contributed by atoms with Crippen LogP contribution in [0.3, 0.4) is 0 Å². The van der Waals surface area contributed by atoms with Gasteiger partial charge in [0.05, 0.1) is 4.47 Å². The van der Waals surface area contributed by atoms with E-state index >= 15 is 0 Å². The largest absolute Gasteiger partial charge is 0.399 e. The first-order valence-corrected chi connectivity index (χ1v) is 8.13. The second-order valence-corrected chi connectivity index (χ2v) is 6.97. The molecule has 0 aliphatic rings. The molecule has 1 aromatic carbocycles. The van der Waals surface area contributed by atoms with Crippen LogP contribution in [0.25, 0.3) is 0 Å². The fraction of sp³-hybridized carbons (Fsp3) is 0.0909. The van der Waals surface area contributed by atoms with Gasteiger partial charge in [-0.3, -0.25) is 0 Å². The number of hydrogen-bond donors (Lipinski definition) is 2. The molecular formula is C11H9BrClFN4O2S. The van der Waals surface area contributed by atoms with Gasteiger partial charge in [-0.1, -0.05) is 11.6 Å². The zero-order valence-electron chi connectivity index (χ0n) is 10.6. The number of rotatable bonds is 3. The van der Waals surface area contributed by atoms with Gasteiger partial charge in [-0.25, -0.2) is 27.5 Å². The number of halogens is 3. The molecule has 0 unspecified atom stereocenters. The van der Waals surface area contributed by atoms with E-state index in [1.807, 2.05) is 0 Å². The Hall–Kier alpha value is -1.45. The Kier molecular flexibility index (Phi) is 4.35. The van der Waals surface area contributed by atoms with Crippen LogP contribution in [0.4, 0.5) is 16.0 Å². The third-order valence-electron chi connectivity index (χ3n) is 2.36. The quantitative estimate of drug-likeness (QED) is 0.615. The first-order valence-electron chi connectivity index (χ1n) is 5.47. The molecule has 0 radical (unpaired) electrons. The fourth-order valence-electron chi connectivity index (χ4n) is 1.53. The molecule has 1 heterocycles. The molecule has 2 aromatic rings. The van der Waals surface area contributed by atoms with E-state index in [-0.39, 0.29) is 21.3 Å². The van der Waals surface area contributed by atoms with Crippen molar-refractivity contribution in [3.05, 3.63) is 39.3 Å². The number of nitrogens with one attached hydrogen (secondary N) is 1. The number of anilines is 2. The van der Waals surface area contributed by atoms with Crippen LogP contribution in [0.1, 0.15) is 5.69 Å². The number of aryl methyl sites for hydroxylation is 1. The van der Waals surface area contributed by atoms with Crippen molar-refractivity contribution >= 4 is 49.2 Å². The summed E-state index contributed by atoms with van der Waals surface area (Å²) in [4.78, 5) is 6.97. The minimum atomic E-state index is -4.24. The van der Waals surface area contributed by atoms with Crippen molar-refractivity contribution < 1.29 is 12.8 Å². The lowest BCUT2D eigenvalue weighted by molar-refractivity contribution is 0.566. The molecule has 0 aliphatic heterocycles. The smallest absolute Gasteiger partial charge is 0.267 e. The first kappa shape index (κ1) is 15.9. The lowest BCUT2D eigenvalue weighted by Crippen LogP contribution is -2.17. The van der Waals surface area contributed by atoms with Crippen molar-refractivity contribution in [1.82, 2.24) is 9.97 Å². The summed E-state index contributed by atoms with van der Waals surface area (Å²) in [5.74, 6) is -1.21. The summed E-state index contributed by atoms with van der Waals surface area (Å²) in [6.07, 6.45) is 0. The Morgan fingerprint density at radius 1 is 1.33 bits per heavy atom. The summed E-state index contributed by atoms with van der Waals surface area (Å²) >= 11 is 8.62. The van der Waals surface area contributed by atoms with Crippen molar-refractivity contribution in [3.63, 3.8) is 0 Å². The first-order chi connectivity index (χ1) is 9.69. The minimum absolute atomic E-state index is 0.0638. The molecule has 112 valence electrons. The van der Waals surface area contributed by atoms with Gasteiger partial charge in [0.1, 0.15) is 10.0 Å². The lowest BCUT2D eigenvalue weighted by Gasteiger charge is -2.10. The summed E-state index contributed by atoms with van der Waals surface area (Å²) in [5.41, 5.74) is 6.08. The van der Waals surface area contributed by atoms with Crippen molar-refractivity contribution in [2.75, 3.05) is 10.5 Å². The molecule has 0 amide bonds. The van der Waals surface area contributed by atoms with E-state index in [1.54, 1.807) is 6.92 Å². The van der Waals surface area contributed by atoms with Crippen LogP contribution in [0.15, 0.2) is 27.6 Å². The number of nitrogens with zero attached hydrogens (tertiary/aromatic N) is 2. The second kappa shape index (κ2) is 5.74. The highest BCUT2D eigenvalue weighted by molar-refractivity contribution is 9.10. The second-order valence-electron chi connectivity index (χ2n) is 4.08. The van der Waals surface area contributed by atoms with Crippen LogP contribution in [-0.2, 0) is 10.0 Å². The zero-order valence-corrected chi connectivity index (χ0v) is 13.7. The van der Waals surface area contributed by atoms with Gasteiger partial charge in [0.25, 0.3) is 10.0 Å². The number of sulfonamides is 1. The van der Waals surface area contributed by atoms with Gasteiger partial charge in [0.2, 0.25) is 5.95 Å². The molecule has 0 atom stereocenters. The van der Waals surface area contributed by atoms with Crippen LogP contribution >= 0.6 is 27.5 Å². The third-order valence-corrected chi connectivity index (χ3v) is 4.45. The predicted molar refractivity (Wildman–Crippen MR) is 81.1 cm³/mol. The summed E-state index contributed by atoms with van der Waals surface area (Å²) in [6.45, 7) is 1.61.